The maximum atomic E-state index is 2.48. The molecular weight excluding hydrogens is 280 g/mol. The SMILES string of the molecule is CC(CCCCSC1CCCC1)C(C)SC1CCCC1. The first-order chi connectivity index (χ1) is 9.75. The Morgan fingerprint density at radius 1 is 0.850 bits per heavy atom. The van der Waals surface area contributed by atoms with Crippen LogP contribution < -0.4 is 0 Å². The van der Waals surface area contributed by atoms with Crippen molar-refractivity contribution < 1.29 is 0 Å². The highest BCUT2D eigenvalue weighted by Crippen LogP contribution is 2.36. The van der Waals surface area contributed by atoms with Gasteiger partial charge in [-0.25, -0.2) is 0 Å². The molecule has 0 aliphatic heterocycles. The first kappa shape index (κ1) is 17.1. The quantitative estimate of drug-likeness (QED) is 0.443. The molecule has 2 aliphatic rings. The molecule has 20 heavy (non-hydrogen) atoms. The molecule has 0 N–H and O–H groups in total. The fraction of sp³-hybridized carbons (Fsp3) is 1.00. The molecule has 0 saturated heterocycles. The van der Waals surface area contributed by atoms with E-state index in [4.69, 9.17) is 0 Å². The number of thioether (sulfide) groups is 2. The van der Waals surface area contributed by atoms with E-state index in [1.165, 1.54) is 76.4 Å². The van der Waals surface area contributed by atoms with Crippen LogP contribution in [-0.4, -0.2) is 21.5 Å². The van der Waals surface area contributed by atoms with E-state index in [9.17, 15) is 0 Å². The molecule has 0 aromatic heterocycles. The van der Waals surface area contributed by atoms with Gasteiger partial charge in [-0.1, -0.05) is 46.0 Å². The Bertz CT molecular complexity index is 242. The van der Waals surface area contributed by atoms with Crippen LogP contribution in [0.1, 0.15) is 84.5 Å². The van der Waals surface area contributed by atoms with Crippen molar-refractivity contribution in [2.75, 3.05) is 5.75 Å². The zero-order valence-corrected chi connectivity index (χ0v) is 15.2. The lowest BCUT2D eigenvalue weighted by atomic mass is 10.0. The summed E-state index contributed by atoms with van der Waals surface area (Å²) < 4.78 is 0. The summed E-state index contributed by atoms with van der Waals surface area (Å²) in [6.07, 6.45) is 16.3. The minimum atomic E-state index is 0.876. The van der Waals surface area contributed by atoms with Gasteiger partial charge in [0, 0.05) is 15.7 Å². The predicted octanol–water partition coefficient (Wildman–Crippen LogP) is 6.53. The van der Waals surface area contributed by atoms with Gasteiger partial charge in [0.1, 0.15) is 0 Å². The van der Waals surface area contributed by atoms with E-state index in [1.807, 2.05) is 0 Å². The third kappa shape index (κ3) is 6.22. The summed E-state index contributed by atoms with van der Waals surface area (Å²) >= 11 is 4.56. The molecule has 2 unspecified atom stereocenters. The van der Waals surface area contributed by atoms with Gasteiger partial charge in [0.25, 0.3) is 0 Å². The number of rotatable bonds is 9. The van der Waals surface area contributed by atoms with Crippen molar-refractivity contribution in [3.63, 3.8) is 0 Å². The summed E-state index contributed by atoms with van der Waals surface area (Å²) in [5, 5.41) is 2.88. The molecule has 2 aliphatic carbocycles. The highest BCUT2D eigenvalue weighted by molar-refractivity contribution is 8.00. The minimum Gasteiger partial charge on any atom is -0.159 e. The standard InChI is InChI=1S/C18H34S2/c1-15(16(2)20-18-12-5-6-13-18)9-7-8-14-19-17-10-3-4-11-17/h15-18H,3-14H2,1-2H3. The van der Waals surface area contributed by atoms with Crippen molar-refractivity contribution in [2.24, 2.45) is 5.92 Å². The number of unbranched alkanes of at least 4 members (excludes halogenated alkanes) is 1. The van der Waals surface area contributed by atoms with Crippen LogP contribution in [0.4, 0.5) is 0 Å². The van der Waals surface area contributed by atoms with Crippen LogP contribution in [0, 0.1) is 5.92 Å². The van der Waals surface area contributed by atoms with E-state index < -0.39 is 0 Å². The lowest BCUT2D eigenvalue weighted by Crippen LogP contribution is -2.14. The topological polar surface area (TPSA) is 0 Å². The molecule has 0 amide bonds. The van der Waals surface area contributed by atoms with Gasteiger partial charge in [-0.15, -0.1) is 0 Å². The van der Waals surface area contributed by atoms with E-state index in [-0.39, 0.29) is 0 Å². The molecule has 2 fully saturated rings. The average molecular weight is 315 g/mol. The third-order valence-corrected chi connectivity index (χ3v) is 8.44. The molecule has 0 aromatic carbocycles. The van der Waals surface area contributed by atoms with E-state index in [0.717, 1.165) is 21.7 Å². The van der Waals surface area contributed by atoms with Gasteiger partial charge in [0.2, 0.25) is 0 Å². The molecule has 2 atom stereocenters. The Kier molecular flexibility index (Phi) is 8.24. The highest BCUT2D eigenvalue weighted by atomic mass is 32.2. The Balaban J connectivity index is 1.47. The van der Waals surface area contributed by atoms with E-state index in [1.54, 1.807) is 0 Å². The van der Waals surface area contributed by atoms with E-state index in [0.29, 0.717) is 0 Å². The summed E-state index contributed by atoms with van der Waals surface area (Å²) in [4.78, 5) is 0. The van der Waals surface area contributed by atoms with Gasteiger partial charge in [0.15, 0.2) is 0 Å². The lowest BCUT2D eigenvalue weighted by molar-refractivity contribution is 0.502. The Hall–Kier alpha value is 0.700. The molecule has 0 bridgehead atoms. The molecule has 0 nitrogen and oxygen atoms in total. The second-order valence-electron chi connectivity index (χ2n) is 7.00. The van der Waals surface area contributed by atoms with Crippen molar-refractivity contribution in [2.45, 2.75) is 100 Å². The van der Waals surface area contributed by atoms with Gasteiger partial charge >= 0.3 is 0 Å². The minimum absolute atomic E-state index is 0.876. The fourth-order valence-corrected chi connectivity index (χ4v) is 6.56. The smallest absolute Gasteiger partial charge is 0.00498 e. The molecule has 0 spiro atoms. The first-order valence-electron chi connectivity index (χ1n) is 9.03. The van der Waals surface area contributed by atoms with Crippen LogP contribution in [0.2, 0.25) is 0 Å². The Morgan fingerprint density at radius 3 is 2.10 bits per heavy atom. The Morgan fingerprint density at radius 2 is 1.45 bits per heavy atom. The number of hydrogen-bond donors (Lipinski definition) is 0. The molecule has 0 radical (unpaired) electrons. The maximum Gasteiger partial charge on any atom is 0.00498 e. The summed E-state index contributed by atoms with van der Waals surface area (Å²) in [6, 6.07) is 0. The van der Waals surface area contributed by atoms with Gasteiger partial charge in [-0.05, 0) is 50.2 Å². The van der Waals surface area contributed by atoms with Crippen LogP contribution in [0.3, 0.4) is 0 Å². The van der Waals surface area contributed by atoms with Crippen molar-refractivity contribution in [1.29, 1.82) is 0 Å². The van der Waals surface area contributed by atoms with Crippen molar-refractivity contribution in [3.8, 4) is 0 Å². The first-order valence-corrected chi connectivity index (χ1v) is 11.0. The second kappa shape index (κ2) is 9.66. The Labute approximate surface area is 135 Å². The summed E-state index contributed by atoms with van der Waals surface area (Å²) in [5.41, 5.74) is 0. The van der Waals surface area contributed by atoms with E-state index in [2.05, 4.69) is 37.4 Å². The summed E-state index contributed by atoms with van der Waals surface area (Å²) in [7, 11) is 0. The molecule has 118 valence electrons. The van der Waals surface area contributed by atoms with Gasteiger partial charge in [-0.3, -0.25) is 0 Å². The maximum absolute atomic E-state index is 2.48. The largest absolute Gasteiger partial charge is 0.159 e. The molecular formula is C18H34S2. The van der Waals surface area contributed by atoms with Crippen LogP contribution >= 0.6 is 23.5 Å². The summed E-state index contributed by atoms with van der Waals surface area (Å²) in [6.45, 7) is 4.96. The molecule has 2 saturated carbocycles. The lowest BCUT2D eigenvalue weighted by Gasteiger charge is -2.22. The van der Waals surface area contributed by atoms with Gasteiger partial charge < -0.3 is 0 Å². The second-order valence-corrected chi connectivity index (χ2v) is 10.1. The summed E-state index contributed by atoms with van der Waals surface area (Å²) in [5.74, 6) is 2.33. The van der Waals surface area contributed by atoms with Crippen LogP contribution in [0.25, 0.3) is 0 Å². The van der Waals surface area contributed by atoms with E-state index >= 15 is 0 Å². The normalized spacial score (nSPS) is 24.3. The predicted molar refractivity (Wildman–Crippen MR) is 97.0 cm³/mol. The third-order valence-electron chi connectivity index (χ3n) is 5.22. The monoisotopic (exact) mass is 314 g/mol. The van der Waals surface area contributed by atoms with Crippen molar-refractivity contribution in [1.82, 2.24) is 0 Å². The zero-order valence-electron chi connectivity index (χ0n) is 13.6. The fourth-order valence-electron chi connectivity index (χ4n) is 3.57. The van der Waals surface area contributed by atoms with Crippen LogP contribution in [-0.2, 0) is 0 Å². The molecule has 0 aromatic rings. The zero-order chi connectivity index (χ0) is 14.2. The highest BCUT2D eigenvalue weighted by Gasteiger charge is 2.21. The van der Waals surface area contributed by atoms with Crippen molar-refractivity contribution in [3.05, 3.63) is 0 Å². The van der Waals surface area contributed by atoms with Crippen LogP contribution in [0.15, 0.2) is 0 Å². The molecule has 2 heteroatoms. The number of hydrogen-bond acceptors (Lipinski definition) is 2. The average Bonchev–Trinajstić information content (AvgIpc) is 3.11. The van der Waals surface area contributed by atoms with Gasteiger partial charge in [0.05, 0.1) is 0 Å². The van der Waals surface area contributed by atoms with Crippen molar-refractivity contribution >= 4 is 23.5 Å². The molecule has 2 rings (SSSR count). The van der Waals surface area contributed by atoms with Gasteiger partial charge in [-0.2, -0.15) is 23.5 Å². The molecule has 0 heterocycles. The van der Waals surface area contributed by atoms with Crippen LogP contribution in [0.5, 0.6) is 0 Å².